The number of likely N-dealkylation sites (tertiary alicyclic amines) is 1. The summed E-state index contributed by atoms with van der Waals surface area (Å²) < 4.78 is 0. The van der Waals surface area contributed by atoms with Gasteiger partial charge in [0.25, 0.3) is 0 Å². The van der Waals surface area contributed by atoms with E-state index in [1.807, 2.05) is 0 Å². The average molecular weight is 212 g/mol. The van der Waals surface area contributed by atoms with Gasteiger partial charge in [-0.15, -0.1) is 0 Å². The smallest absolute Gasteiger partial charge is 0.234 e. The first-order valence-corrected chi connectivity index (χ1v) is 6.10. The van der Waals surface area contributed by atoms with Crippen LogP contribution in [-0.2, 0) is 4.79 Å². The van der Waals surface area contributed by atoms with Gasteiger partial charge in [-0.1, -0.05) is 20.8 Å². The predicted molar refractivity (Wildman–Crippen MR) is 62.7 cm³/mol. The first-order valence-electron chi connectivity index (χ1n) is 6.10. The predicted octanol–water partition coefficient (Wildman–Crippen LogP) is 1.49. The van der Waals surface area contributed by atoms with Crippen LogP contribution in [-0.4, -0.2) is 37.0 Å². The monoisotopic (exact) mass is 212 g/mol. The number of amides is 1. The van der Waals surface area contributed by atoms with Crippen LogP contribution in [0, 0.1) is 11.8 Å². The highest BCUT2D eigenvalue weighted by Crippen LogP contribution is 2.20. The van der Waals surface area contributed by atoms with Crippen LogP contribution in [0.5, 0.6) is 0 Å². The zero-order valence-corrected chi connectivity index (χ0v) is 10.3. The summed E-state index contributed by atoms with van der Waals surface area (Å²) in [6.45, 7) is 10.1. The highest BCUT2D eigenvalue weighted by Gasteiger charge is 2.22. The third kappa shape index (κ3) is 4.65. The fourth-order valence-electron chi connectivity index (χ4n) is 2.44. The second kappa shape index (κ2) is 6.11. The van der Waals surface area contributed by atoms with Crippen molar-refractivity contribution in [1.29, 1.82) is 0 Å². The van der Waals surface area contributed by atoms with E-state index in [2.05, 4.69) is 31.0 Å². The van der Waals surface area contributed by atoms with Gasteiger partial charge in [0.05, 0.1) is 6.54 Å². The molecule has 1 rings (SSSR count). The molecule has 2 atom stereocenters. The molecule has 1 fully saturated rings. The minimum atomic E-state index is 0.179. The fourth-order valence-corrected chi connectivity index (χ4v) is 2.44. The second-order valence-electron chi connectivity index (χ2n) is 4.99. The number of piperidine rings is 1. The van der Waals surface area contributed by atoms with E-state index in [-0.39, 0.29) is 5.91 Å². The largest absolute Gasteiger partial charge is 0.355 e. The van der Waals surface area contributed by atoms with Crippen molar-refractivity contribution >= 4 is 5.91 Å². The van der Waals surface area contributed by atoms with Crippen LogP contribution in [0.25, 0.3) is 0 Å². The molecule has 0 aromatic carbocycles. The number of hydrogen-bond acceptors (Lipinski definition) is 2. The van der Waals surface area contributed by atoms with E-state index in [9.17, 15) is 4.79 Å². The third-order valence-corrected chi connectivity index (χ3v) is 2.88. The molecule has 2 unspecified atom stereocenters. The molecule has 3 heteroatoms. The van der Waals surface area contributed by atoms with Crippen LogP contribution in [0.1, 0.15) is 33.6 Å². The van der Waals surface area contributed by atoms with Crippen LogP contribution >= 0.6 is 0 Å². The van der Waals surface area contributed by atoms with Crippen molar-refractivity contribution in [2.75, 3.05) is 26.2 Å². The van der Waals surface area contributed by atoms with E-state index in [1.54, 1.807) is 0 Å². The van der Waals surface area contributed by atoms with Crippen molar-refractivity contribution in [3.8, 4) is 0 Å². The Kier molecular flexibility index (Phi) is 5.09. The van der Waals surface area contributed by atoms with Crippen LogP contribution in [0.3, 0.4) is 0 Å². The molecule has 1 heterocycles. The highest BCUT2D eigenvalue weighted by molar-refractivity contribution is 5.77. The Morgan fingerprint density at radius 2 is 1.93 bits per heavy atom. The maximum atomic E-state index is 11.5. The molecule has 1 N–H and O–H groups in total. The van der Waals surface area contributed by atoms with Gasteiger partial charge in [-0.2, -0.15) is 0 Å². The van der Waals surface area contributed by atoms with E-state index in [0.717, 1.165) is 37.9 Å². The number of rotatable bonds is 4. The van der Waals surface area contributed by atoms with Crippen molar-refractivity contribution in [3.63, 3.8) is 0 Å². The summed E-state index contributed by atoms with van der Waals surface area (Å²) >= 11 is 0. The first kappa shape index (κ1) is 12.5. The number of nitrogens with zero attached hydrogens (tertiary/aromatic N) is 1. The Hall–Kier alpha value is -0.570. The molecular formula is C12H24N2O. The first-order chi connectivity index (χ1) is 7.11. The Bertz CT molecular complexity index is 196. The summed E-state index contributed by atoms with van der Waals surface area (Å²) in [6, 6.07) is 0. The molecule has 0 spiro atoms. The van der Waals surface area contributed by atoms with Crippen molar-refractivity contribution in [1.82, 2.24) is 10.2 Å². The summed E-state index contributed by atoms with van der Waals surface area (Å²) in [5.41, 5.74) is 0. The van der Waals surface area contributed by atoms with Gasteiger partial charge in [0.2, 0.25) is 5.91 Å². The Balaban J connectivity index is 2.27. The van der Waals surface area contributed by atoms with Crippen molar-refractivity contribution in [2.24, 2.45) is 11.8 Å². The molecule has 0 radical (unpaired) electrons. The quantitative estimate of drug-likeness (QED) is 0.766. The molecular weight excluding hydrogens is 188 g/mol. The Morgan fingerprint density at radius 1 is 1.33 bits per heavy atom. The molecule has 0 aromatic heterocycles. The van der Waals surface area contributed by atoms with Crippen molar-refractivity contribution in [2.45, 2.75) is 33.6 Å². The minimum absolute atomic E-state index is 0.179. The molecule has 1 saturated heterocycles. The summed E-state index contributed by atoms with van der Waals surface area (Å²) in [4.78, 5) is 13.8. The lowest BCUT2D eigenvalue weighted by Gasteiger charge is -2.34. The number of nitrogens with one attached hydrogen (secondary N) is 1. The summed E-state index contributed by atoms with van der Waals surface area (Å²) in [5.74, 6) is 1.64. The molecule has 1 aliphatic rings. The average Bonchev–Trinajstić information content (AvgIpc) is 2.13. The maximum Gasteiger partial charge on any atom is 0.234 e. The van der Waals surface area contributed by atoms with Gasteiger partial charge < -0.3 is 5.32 Å². The molecule has 15 heavy (non-hydrogen) atoms. The summed E-state index contributed by atoms with van der Waals surface area (Å²) in [5, 5.41) is 2.93. The second-order valence-corrected chi connectivity index (χ2v) is 4.99. The van der Waals surface area contributed by atoms with Crippen LogP contribution in [0.15, 0.2) is 0 Å². The molecule has 3 nitrogen and oxygen atoms in total. The van der Waals surface area contributed by atoms with Crippen LogP contribution in [0.2, 0.25) is 0 Å². The third-order valence-electron chi connectivity index (χ3n) is 2.88. The molecule has 0 aliphatic carbocycles. The van der Waals surface area contributed by atoms with E-state index < -0.39 is 0 Å². The lowest BCUT2D eigenvalue weighted by Crippen LogP contribution is -2.44. The molecule has 0 aromatic rings. The Labute approximate surface area is 93.2 Å². The molecule has 0 bridgehead atoms. The van der Waals surface area contributed by atoms with Gasteiger partial charge >= 0.3 is 0 Å². The fraction of sp³-hybridized carbons (Fsp3) is 0.917. The lowest BCUT2D eigenvalue weighted by molar-refractivity contribution is -0.122. The highest BCUT2D eigenvalue weighted by atomic mass is 16.2. The van der Waals surface area contributed by atoms with E-state index >= 15 is 0 Å². The lowest BCUT2D eigenvalue weighted by atomic mass is 9.92. The van der Waals surface area contributed by atoms with Crippen molar-refractivity contribution in [3.05, 3.63) is 0 Å². The SMILES string of the molecule is CCCNC(=O)CN1CC(C)CC(C)C1. The molecule has 1 aliphatic heterocycles. The topological polar surface area (TPSA) is 32.3 Å². The molecule has 88 valence electrons. The van der Waals surface area contributed by atoms with E-state index in [0.29, 0.717) is 6.54 Å². The maximum absolute atomic E-state index is 11.5. The van der Waals surface area contributed by atoms with Crippen molar-refractivity contribution < 1.29 is 4.79 Å². The normalized spacial score (nSPS) is 27.7. The summed E-state index contributed by atoms with van der Waals surface area (Å²) in [6.07, 6.45) is 2.31. The number of hydrogen-bond donors (Lipinski definition) is 1. The zero-order valence-electron chi connectivity index (χ0n) is 10.3. The summed E-state index contributed by atoms with van der Waals surface area (Å²) in [7, 11) is 0. The molecule has 0 saturated carbocycles. The van der Waals surface area contributed by atoms with Gasteiger partial charge in [-0.3, -0.25) is 9.69 Å². The van der Waals surface area contributed by atoms with Gasteiger partial charge in [0.15, 0.2) is 0 Å². The van der Waals surface area contributed by atoms with Crippen LogP contribution < -0.4 is 5.32 Å². The van der Waals surface area contributed by atoms with Gasteiger partial charge in [0.1, 0.15) is 0 Å². The van der Waals surface area contributed by atoms with Gasteiger partial charge in [-0.05, 0) is 24.7 Å². The zero-order chi connectivity index (χ0) is 11.3. The van der Waals surface area contributed by atoms with Crippen LogP contribution in [0.4, 0.5) is 0 Å². The number of carbonyl (C=O) groups is 1. The molecule has 1 amide bonds. The Morgan fingerprint density at radius 3 is 2.47 bits per heavy atom. The standard InChI is InChI=1S/C12H24N2O/c1-4-5-13-12(15)9-14-7-10(2)6-11(3)8-14/h10-11H,4-9H2,1-3H3,(H,13,15). The number of carbonyl (C=O) groups excluding carboxylic acids is 1. The van der Waals surface area contributed by atoms with E-state index in [4.69, 9.17) is 0 Å². The van der Waals surface area contributed by atoms with Gasteiger partial charge in [0, 0.05) is 19.6 Å². The van der Waals surface area contributed by atoms with Gasteiger partial charge in [-0.25, -0.2) is 0 Å². The van der Waals surface area contributed by atoms with E-state index in [1.165, 1.54) is 6.42 Å². The minimum Gasteiger partial charge on any atom is -0.355 e.